The summed E-state index contributed by atoms with van der Waals surface area (Å²) in [5.74, 6) is -1.32. The van der Waals surface area contributed by atoms with E-state index in [2.05, 4.69) is 16.2 Å². The number of hydrazine groups is 1. The van der Waals surface area contributed by atoms with Crippen LogP contribution in [0.4, 0.5) is 0 Å². The van der Waals surface area contributed by atoms with Gasteiger partial charge < -0.3 is 5.32 Å². The maximum atomic E-state index is 11.9. The molecule has 1 aromatic rings. The molecule has 0 bridgehead atoms. The first-order valence-electron chi connectivity index (χ1n) is 6.78. The highest BCUT2D eigenvalue weighted by Crippen LogP contribution is 2.14. The Hall–Kier alpha value is -2.08. The van der Waals surface area contributed by atoms with Crippen LogP contribution in [0.25, 0.3) is 0 Å². The van der Waals surface area contributed by atoms with Crippen molar-refractivity contribution >= 4 is 29.3 Å². The SMILES string of the molecule is CC(NC(=O)C(C)(C)C)C(=O)NNC(=O)c1ccccc1Cl. The molecule has 0 saturated heterocycles. The number of carbonyl (C=O) groups excluding carboxylic acids is 3. The Labute approximate surface area is 134 Å². The minimum atomic E-state index is -0.779. The lowest BCUT2D eigenvalue weighted by molar-refractivity contribution is -0.133. The first kappa shape index (κ1) is 18.0. The Morgan fingerprint density at radius 3 is 2.23 bits per heavy atom. The number of halogens is 1. The standard InChI is InChI=1S/C15H20ClN3O3/c1-9(17-14(22)15(2,3)4)12(20)18-19-13(21)10-7-5-6-8-11(10)16/h5-9H,1-4H3,(H,17,22)(H,18,20)(H,19,21). The molecule has 1 rings (SSSR count). The van der Waals surface area contributed by atoms with Crippen LogP contribution >= 0.6 is 11.6 Å². The van der Waals surface area contributed by atoms with Gasteiger partial charge in [0.15, 0.2) is 0 Å². The van der Waals surface area contributed by atoms with Gasteiger partial charge in [-0.05, 0) is 19.1 Å². The number of nitrogens with one attached hydrogen (secondary N) is 3. The van der Waals surface area contributed by atoms with E-state index in [-0.39, 0.29) is 16.5 Å². The molecule has 7 heteroatoms. The van der Waals surface area contributed by atoms with Crippen LogP contribution in [0.5, 0.6) is 0 Å². The molecule has 1 aromatic carbocycles. The number of hydrogen-bond acceptors (Lipinski definition) is 3. The van der Waals surface area contributed by atoms with Gasteiger partial charge in [0.25, 0.3) is 11.8 Å². The summed E-state index contributed by atoms with van der Waals surface area (Å²) in [5.41, 5.74) is 4.16. The summed E-state index contributed by atoms with van der Waals surface area (Å²) < 4.78 is 0. The molecule has 1 atom stereocenters. The average Bonchev–Trinajstić information content (AvgIpc) is 2.43. The summed E-state index contributed by atoms with van der Waals surface area (Å²) in [7, 11) is 0. The Balaban J connectivity index is 2.54. The lowest BCUT2D eigenvalue weighted by atomic mass is 9.95. The normalized spacial score (nSPS) is 12.2. The van der Waals surface area contributed by atoms with Crippen molar-refractivity contribution < 1.29 is 14.4 Å². The molecular formula is C15H20ClN3O3. The highest BCUT2D eigenvalue weighted by molar-refractivity contribution is 6.33. The number of amides is 3. The van der Waals surface area contributed by atoms with Crippen molar-refractivity contribution in [2.75, 3.05) is 0 Å². The molecule has 0 saturated carbocycles. The summed E-state index contributed by atoms with van der Waals surface area (Å²) in [6.45, 7) is 6.75. The van der Waals surface area contributed by atoms with E-state index in [4.69, 9.17) is 11.6 Å². The van der Waals surface area contributed by atoms with E-state index in [1.54, 1.807) is 39.0 Å². The summed E-state index contributed by atoms with van der Waals surface area (Å²) in [5, 5.41) is 2.85. The van der Waals surface area contributed by atoms with Crippen molar-refractivity contribution in [3.8, 4) is 0 Å². The van der Waals surface area contributed by atoms with E-state index >= 15 is 0 Å². The molecule has 0 aromatic heterocycles. The van der Waals surface area contributed by atoms with Crippen LogP contribution in [0.15, 0.2) is 24.3 Å². The molecular weight excluding hydrogens is 306 g/mol. The number of hydrogen-bond donors (Lipinski definition) is 3. The van der Waals surface area contributed by atoms with E-state index < -0.39 is 23.3 Å². The molecule has 0 radical (unpaired) electrons. The van der Waals surface area contributed by atoms with Gasteiger partial charge in [-0.15, -0.1) is 0 Å². The van der Waals surface area contributed by atoms with Gasteiger partial charge in [-0.25, -0.2) is 0 Å². The first-order valence-corrected chi connectivity index (χ1v) is 7.16. The molecule has 120 valence electrons. The van der Waals surface area contributed by atoms with Crippen LogP contribution in [-0.4, -0.2) is 23.8 Å². The van der Waals surface area contributed by atoms with Gasteiger partial charge in [0, 0.05) is 5.41 Å². The maximum absolute atomic E-state index is 11.9. The van der Waals surface area contributed by atoms with Crippen molar-refractivity contribution in [3.05, 3.63) is 34.9 Å². The molecule has 0 aliphatic heterocycles. The minimum Gasteiger partial charge on any atom is -0.344 e. The number of benzene rings is 1. The Morgan fingerprint density at radius 1 is 1.09 bits per heavy atom. The lowest BCUT2D eigenvalue weighted by Gasteiger charge is -2.21. The molecule has 3 amide bonds. The molecule has 6 nitrogen and oxygen atoms in total. The van der Waals surface area contributed by atoms with Crippen LogP contribution in [0.1, 0.15) is 38.1 Å². The second kappa shape index (κ2) is 7.26. The second-order valence-corrected chi connectivity index (χ2v) is 6.28. The molecule has 0 heterocycles. The van der Waals surface area contributed by atoms with E-state index in [1.807, 2.05) is 0 Å². The van der Waals surface area contributed by atoms with Gasteiger partial charge in [-0.2, -0.15) is 0 Å². The molecule has 1 unspecified atom stereocenters. The fraction of sp³-hybridized carbons (Fsp3) is 0.400. The lowest BCUT2D eigenvalue weighted by Crippen LogP contribution is -2.52. The first-order chi connectivity index (χ1) is 10.1. The van der Waals surface area contributed by atoms with Crippen molar-refractivity contribution in [1.82, 2.24) is 16.2 Å². The Kier molecular flexibility index (Phi) is 5.93. The van der Waals surface area contributed by atoms with Gasteiger partial charge in [0.1, 0.15) is 6.04 Å². The van der Waals surface area contributed by atoms with Crippen molar-refractivity contribution in [2.45, 2.75) is 33.7 Å². The molecule has 0 aliphatic carbocycles. The summed E-state index contributed by atoms with van der Waals surface area (Å²) in [4.78, 5) is 35.5. The van der Waals surface area contributed by atoms with E-state index in [9.17, 15) is 14.4 Å². The second-order valence-electron chi connectivity index (χ2n) is 5.87. The van der Waals surface area contributed by atoms with Gasteiger partial charge >= 0.3 is 0 Å². The highest BCUT2D eigenvalue weighted by Gasteiger charge is 2.25. The molecule has 0 fully saturated rings. The molecule has 22 heavy (non-hydrogen) atoms. The predicted octanol–water partition coefficient (Wildman–Crippen LogP) is 1.65. The fourth-order valence-electron chi connectivity index (χ4n) is 1.42. The zero-order chi connectivity index (χ0) is 16.9. The summed E-state index contributed by atoms with van der Waals surface area (Å²) in [6, 6.07) is 5.69. The van der Waals surface area contributed by atoms with Crippen LogP contribution in [-0.2, 0) is 9.59 Å². The molecule has 0 spiro atoms. The van der Waals surface area contributed by atoms with E-state index in [0.29, 0.717) is 0 Å². The van der Waals surface area contributed by atoms with E-state index in [1.165, 1.54) is 13.0 Å². The van der Waals surface area contributed by atoms with Gasteiger partial charge in [0.05, 0.1) is 10.6 Å². The largest absolute Gasteiger partial charge is 0.344 e. The molecule has 0 aliphatic rings. The van der Waals surface area contributed by atoms with Crippen LogP contribution in [0.3, 0.4) is 0 Å². The fourth-order valence-corrected chi connectivity index (χ4v) is 1.64. The predicted molar refractivity (Wildman–Crippen MR) is 84.1 cm³/mol. The van der Waals surface area contributed by atoms with Crippen LogP contribution in [0.2, 0.25) is 5.02 Å². The Bertz CT molecular complexity index is 582. The zero-order valence-corrected chi connectivity index (χ0v) is 13.7. The third-order valence-electron chi connectivity index (χ3n) is 2.84. The highest BCUT2D eigenvalue weighted by atomic mass is 35.5. The maximum Gasteiger partial charge on any atom is 0.271 e. The zero-order valence-electron chi connectivity index (χ0n) is 13.0. The topological polar surface area (TPSA) is 87.3 Å². The van der Waals surface area contributed by atoms with Crippen molar-refractivity contribution in [1.29, 1.82) is 0 Å². The summed E-state index contributed by atoms with van der Waals surface area (Å²) >= 11 is 5.89. The van der Waals surface area contributed by atoms with E-state index in [0.717, 1.165) is 0 Å². The third kappa shape index (κ3) is 5.04. The quantitative estimate of drug-likeness (QED) is 0.738. The van der Waals surface area contributed by atoms with Gasteiger partial charge in [-0.1, -0.05) is 44.5 Å². The van der Waals surface area contributed by atoms with Crippen molar-refractivity contribution in [3.63, 3.8) is 0 Å². The summed E-state index contributed by atoms with van der Waals surface area (Å²) in [6.07, 6.45) is 0. The van der Waals surface area contributed by atoms with Crippen LogP contribution in [0, 0.1) is 5.41 Å². The minimum absolute atomic E-state index is 0.246. The number of rotatable bonds is 3. The number of carbonyl (C=O) groups is 3. The van der Waals surface area contributed by atoms with Crippen molar-refractivity contribution in [2.24, 2.45) is 5.41 Å². The molecule has 3 N–H and O–H groups in total. The average molecular weight is 326 g/mol. The monoisotopic (exact) mass is 325 g/mol. The van der Waals surface area contributed by atoms with Crippen LogP contribution < -0.4 is 16.2 Å². The Morgan fingerprint density at radius 2 is 1.68 bits per heavy atom. The van der Waals surface area contributed by atoms with Gasteiger partial charge in [-0.3, -0.25) is 25.2 Å². The van der Waals surface area contributed by atoms with Gasteiger partial charge in [0.2, 0.25) is 5.91 Å². The third-order valence-corrected chi connectivity index (χ3v) is 3.17. The smallest absolute Gasteiger partial charge is 0.271 e.